The fourth-order valence-electron chi connectivity index (χ4n) is 3.44. The van der Waals surface area contributed by atoms with Gasteiger partial charge in [0.15, 0.2) is 0 Å². The summed E-state index contributed by atoms with van der Waals surface area (Å²) in [6.45, 7) is 4.13. The van der Waals surface area contributed by atoms with E-state index in [0.717, 1.165) is 4.90 Å². The molecule has 1 N–H and O–H groups in total. The van der Waals surface area contributed by atoms with E-state index in [4.69, 9.17) is 23.2 Å². The van der Waals surface area contributed by atoms with Crippen molar-refractivity contribution in [2.45, 2.75) is 44.3 Å². The van der Waals surface area contributed by atoms with Crippen molar-refractivity contribution in [1.29, 1.82) is 0 Å². The predicted octanol–water partition coefficient (Wildman–Crippen LogP) is 3.08. The Hall–Kier alpha value is -2.62. The van der Waals surface area contributed by atoms with Crippen molar-refractivity contribution in [2.75, 3.05) is 6.54 Å². The van der Waals surface area contributed by atoms with Crippen LogP contribution in [0.3, 0.4) is 0 Å². The SMILES string of the molecule is CC(C)NC(=O)[C@@H](C)N(Cc1c(Cl)cccc1Cl)C(=O)CN1C(=O)c2ccccc2S1(=O)=O. The lowest BCUT2D eigenvalue weighted by Gasteiger charge is -2.31. The van der Waals surface area contributed by atoms with Gasteiger partial charge in [-0.2, -0.15) is 0 Å². The number of hydrogen-bond acceptors (Lipinski definition) is 5. The summed E-state index contributed by atoms with van der Waals surface area (Å²) in [5.74, 6) is -1.99. The number of rotatable bonds is 7. The van der Waals surface area contributed by atoms with E-state index >= 15 is 0 Å². The first kappa shape index (κ1) is 25.0. The van der Waals surface area contributed by atoms with Gasteiger partial charge < -0.3 is 10.2 Å². The van der Waals surface area contributed by atoms with Crippen molar-refractivity contribution >= 4 is 50.9 Å². The molecule has 0 aliphatic carbocycles. The van der Waals surface area contributed by atoms with Crippen LogP contribution >= 0.6 is 23.2 Å². The Kier molecular flexibility index (Phi) is 7.36. The molecule has 33 heavy (non-hydrogen) atoms. The van der Waals surface area contributed by atoms with Gasteiger partial charge in [0.2, 0.25) is 11.8 Å². The Morgan fingerprint density at radius 2 is 1.64 bits per heavy atom. The molecule has 176 valence electrons. The van der Waals surface area contributed by atoms with Crippen LogP contribution in [0.25, 0.3) is 0 Å². The minimum atomic E-state index is -4.19. The quantitative estimate of drug-likeness (QED) is 0.614. The smallest absolute Gasteiger partial charge is 0.269 e. The fraction of sp³-hybridized carbons (Fsp3) is 0.318. The highest BCUT2D eigenvalue weighted by atomic mass is 35.5. The zero-order valence-electron chi connectivity index (χ0n) is 18.2. The molecule has 0 unspecified atom stereocenters. The molecule has 0 bridgehead atoms. The number of nitrogens with zero attached hydrogens (tertiary/aromatic N) is 2. The summed E-state index contributed by atoms with van der Waals surface area (Å²) in [6, 6.07) is 9.39. The predicted molar refractivity (Wildman–Crippen MR) is 124 cm³/mol. The van der Waals surface area contributed by atoms with Crippen LogP contribution in [-0.4, -0.2) is 54.0 Å². The van der Waals surface area contributed by atoms with Crippen LogP contribution in [0.5, 0.6) is 0 Å². The molecule has 0 saturated carbocycles. The highest BCUT2D eigenvalue weighted by Gasteiger charge is 2.43. The average Bonchev–Trinajstić information content (AvgIpc) is 2.93. The fourth-order valence-corrected chi connectivity index (χ4v) is 5.48. The number of benzene rings is 2. The van der Waals surface area contributed by atoms with E-state index in [1.54, 1.807) is 38.1 Å². The average molecular weight is 512 g/mol. The van der Waals surface area contributed by atoms with E-state index in [1.165, 1.54) is 25.1 Å². The van der Waals surface area contributed by atoms with Gasteiger partial charge in [-0.15, -0.1) is 0 Å². The van der Waals surface area contributed by atoms with Gasteiger partial charge in [0.25, 0.3) is 15.9 Å². The summed E-state index contributed by atoms with van der Waals surface area (Å²) in [7, 11) is -4.19. The maximum Gasteiger partial charge on any atom is 0.269 e. The molecule has 0 radical (unpaired) electrons. The molecule has 2 aromatic rings. The number of carbonyl (C=O) groups is 3. The Morgan fingerprint density at radius 1 is 1.03 bits per heavy atom. The molecule has 0 fully saturated rings. The molecule has 3 rings (SSSR count). The second kappa shape index (κ2) is 9.70. The molecule has 1 heterocycles. The number of amides is 3. The highest BCUT2D eigenvalue weighted by molar-refractivity contribution is 7.90. The first-order valence-corrected chi connectivity index (χ1v) is 12.3. The van der Waals surface area contributed by atoms with E-state index in [-0.39, 0.29) is 33.1 Å². The van der Waals surface area contributed by atoms with E-state index in [0.29, 0.717) is 9.87 Å². The Balaban J connectivity index is 1.94. The van der Waals surface area contributed by atoms with Gasteiger partial charge in [-0.25, -0.2) is 12.7 Å². The van der Waals surface area contributed by atoms with E-state index in [2.05, 4.69) is 5.32 Å². The van der Waals surface area contributed by atoms with Crippen LogP contribution in [0.4, 0.5) is 0 Å². The maximum absolute atomic E-state index is 13.3. The number of halogens is 2. The molecule has 8 nitrogen and oxygen atoms in total. The minimum absolute atomic E-state index is 0.00315. The van der Waals surface area contributed by atoms with E-state index in [1.807, 2.05) is 0 Å². The number of sulfonamides is 1. The Labute approximate surface area is 202 Å². The third kappa shape index (κ3) is 5.00. The Bertz CT molecular complexity index is 1200. The van der Waals surface area contributed by atoms with Crippen LogP contribution in [0.1, 0.15) is 36.7 Å². The summed E-state index contributed by atoms with van der Waals surface area (Å²) in [5.41, 5.74) is 0.397. The summed E-state index contributed by atoms with van der Waals surface area (Å²) in [4.78, 5) is 39.8. The first-order valence-electron chi connectivity index (χ1n) is 10.1. The Morgan fingerprint density at radius 3 is 2.21 bits per heavy atom. The van der Waals surface area contributed by atoms with Gasteiger partial charge in [-0.1, -0.05) is 41.4 Å². The molecular weight excluding hydrogens is 489 g/mol. The molecule has 2 aromatic carbocycles. The lowest BCUT2D eigenvalue weighted by Crippen LogP contribution is -2.52. The minimum Gasteiger partial charge on any atom is -0.352 e. The summed E-state index contributed by atoms with van der Waals surface area (Å²) >= 11 is 12.5. The van der Waals surface area contributed by atoms with Gasteiger partial charge in [0.05, 0.1) is 5.56 Å². The van der Waals surface area contributed by atoms with E-state index < -0.39 is 40.3 Å². The van der Waals surface area contributed by atoms with Gasteiger partial charge in [0.1, 0.15) is 17.5 Å². The monoisotopic (exact) mass is 511 g/mol. The van der Waals surface area contributed by atoms with Crippen molar-refractivity contribution in [3.63, 3.8) is 0 Å². The maximum atomic E-state index is 13.3. The second-order valence-electron chi connectivity index (χ2n) is 7.87. The van der Waals surface area contributed by atoms with Gasteiger partial charge >= 0.3 is 0 Å². The van der Waals surface area contributed by atoms with Gasteiger partial charge in [0, 0.05) is 28.2 Å². The molecular formula is C22H23Cl2N3O5S. The van der Waals surface area contributed by atoms with Crippen LogP contribution in [0, 0.1) is 0 Å². The van der Waals surface area contributed by atoms with E-state index in [9.17, 15) is 22.8 Å². The number of fused-ring (bicyclic) bond motifs is 1. The van der Waals surface area contributed by atoms with Crippen molar-refractivity contribution < 1.29 is 22.8 Å². The topological polar surface area (TPSA) is 104 Å². The molecule has 0 spiro atoms. The summed E-state index contributed by atoms with van der Waals surface area (Å²) in [6.07, 6.45) is 0. The third-order valence-corrected chi connectivity index (χ3v) is 7.67. The second-order valence-corrected chi connectivity index (χ2v) is 10.5. The van der Waals surface area contributed by atoms with Crippen LogP contribution in [0.15, 0.2) is 47.4 Å². The van der Waals surface area contributed by atoms with Gasteiger partial charge in [-0.3, -0.25) is 14.4 Å². The molecule has 11 heteroatoms. The number of nitrogens with one attached hydrogen (secondary N) is 1. The van der Waals surface area contributed by atoms with Crippen molar-refractivity contribution in [3.05, 3.63) is 63.6 Å². The van der Waals surface area contributed by atoms with Crippen LogP contribution in [0.2, 0.25) is 10.0 Å². The largest absolute Gasteiger partial charge is 0.352 e. The summed E-state index contributed by atoms with van der Waals surface area (Å²) < 4.78 is 26.3. The van der Waals surface area contributed by atoms with Crippen LogP contribution < -0.4 is 5.32 Å². The lowest BCUT2D eigenvalue weighted by atomic mass is 10.1. The van der Waals surface area contributed by atoms with Crippen molar-refractivity contribution in [3.8, 4) is 0 Å². The van der Waals surface area contributed by atoms with Crippen LogP contribution in [-0.2, 0) is 26.2 Å². The standard InChI is InChI=1S/C22H23Cl2N3O5S/c1-13(2)25-21(29)14(3)26(11-16-17(23)8-6-9-18(16)24)20(28)12-27-22(30)15-7-4-5-10-19(15)33(27,31)32/h4-10,13-14H,11-12H2,1-3H3,(H,25,29)/t14-/m1/s1. The molecule has 1 aliphatic rings. The zero-order chi connectivity index (χ0) is 24.5. The lowest BCUT2D eigenvalue weighted by molar-refractivity contribution is -0.140. The highest BCUT2D eigenvalue weighted by Crippen LogP contribution is 2.31. The number of carbonyl (C=O) groups excluding carboxylic acids is 3. The molecule has 1 atom stereocenters. The molecule has 0 aromatic heterocycles. The number of hydrogen-bond donors (Lipinski definition) is 1. The molecule has 1 aliphatic heterocycles. The van der Waals surface area contributed by atoms with Crippen molar-refractivity contribution in [2.24, 2.45) is 0 Å². The first-order chi connectivity index (χ1) is 15.4. The summed E-state index contributed by atoms with van der Waals surface area (Å²) in [5, 5.41) is 3.30. The molecule has 0 saturated heterocycles. The molecule has 3 amide bonds. The zero-order valence-corrected chi connectivity index (χ0v) is 20.5. The van der Waals surface area contributed by atoms with Gasteiger partial charge in [-0.05, 0) is 45.0 Å². The normalized spacial score (nSPS) is 15.3. The third-order valence-electron chi connectivity index (χ3n) is 5.18. The van der Waals surface area contributed by atoms with Crippen molar-refractivity contribution in [1.82, 2.24) is 14.5 Å².